The highest BCUT2D eigenvalue weighted by molar-refractivity contribution is 7.12. The molecular weight excluding hydrogens is 202 g/mol. The van der Waals surface area contributed by atoms with Gasteiger partial charge >= 0.3 is 12.1 Å². The van der Waals surface area contributed by atoms with Crippen LogP contribution in [-0.2, 0) is 4.74 Å². The first-order valence-electron chi connectivity index (χ1n) is 4.16. The van der Waals surface area contributed by atoms with Crippen LogP contribution in [0.1, 0.15) is 23.5 Å². The number of carbonyl (C=O) groups is 2. The molecule has 0 aliphatic carbocycles. The molecule has 0 atom stereocenters. The third kappa shape index (κ3) is 3.18. The first kappa shape index (κ1) is 10.7. The number of hydrogen-bond acceptors (Lipinski definition) is 4. The Morgan fingerprint density at radius 1 is 1.50 bits per heavy atom. The lowest BCUT2D eigenvalue weighted by molar-refractivity contribution is 0.0624. The minimum atomic E-state index is -0.710. The van der Waals surface area contributed by atoms with Gasteiger partial charge in [-0.3, -0.25) is 0 Å². The standard InChI is InChI=1S/C9H11NO3S/c1-6(2)10-9(12)13-8(11)7-4-3-5-14-7/h3-6H,1-2H3,(H,10,12). The van der Waals surface area contributed by atoms with E-state index in [0.29, 0.717) is 4.88 Å². The molecule has 1 aromatic heterocycles. The van der Waals surface area contributed by atoms with E-state index >= 15 is 0 Å². The third-order valence-electron chi connectivity index (χ3n) is 1.31. The SMILES string of the molecule is CC(C)NC(=O)OC(=O)c1cccs1. The first-order valence-corrected chi connectivity index (χ1v) is 5.03. The molecule has 0 aliphatic rings. The fourth-order valence-electron chi connectivity index (χ4n) is 0.794. The van der Waals surface area contributed by atoms with Gasteiger partial charge in [0.2, 0.25) is 0 Å². The molecule has 1 aromatic rings. The van der Waals surface area contributed by atoms with Crippen LogP contribution in [0.15, 0.2) is 17.5 Å². The maximum Gasteiger partial charge on any atom is 0.415 e. The number of carbonyl (C=O) groups excluding carboxylic acids is 2. The molecule has 0 saturated heterocycles. The summed E-state index contributed by atoms with van der Waals surface area (Å²) in [6, 6.07) is 3.29. The molecule has 76 valence electrons. The molecule has 0 spiro atoms. The number of rotatable bonds is 2. The van der Waals surface area contributed by atoms with Crippen molar-refractivity contribution in [2.24, 2.45) is 0 Å². The van der Waals surface area contributed by atoms with Crippen molar-refractivity contribution in [3.8, 4) is 0 Å². The van der Waals surface area contributed by atoms with Crippen LogP contribution in [0.3, 0.4) is 0 Å². The Morgan fingerprint density at radius 3 is 2.71 bits per heavy atom. The van der Waals surface area contributed by atoms with E-state index in [2.05, 4.69) is 10.1 Å². The number of amides is 1. The molecule has 0 aliphatic heterocycles. The van der Waals surface area contributed by atoms with Crippen LogP contribution in [0.4, 0.5) is 4.79 Å². The number of esters is 1. The van der Waals surface area contributed by atoms with Gasteiger partial charge < -0.3 is 10.1 Å². The molecule has 5 heteroatoms. The van der Waals surface area contributed by atoms with E-state index in [1.165, 1.54) is 11.3 Å². The molecule has 4 nitrogen and oxygen atoms in total. The first-order chi connectivity index (χ1) is 6.59. The van der Waals surface area contributed by atoms with Gasteiger partial charge in [-0.15, -0.1) is 11.3 Å². The van der Waals surface area contributed by atoms with Gasteiger partial charge in [0.25, 0.3) is 0 Å². The van der Waals surface area contributed by atoms with Crippen LogP contribution >= 0.6 is 11.3 Å². The highest BCUT2D eigenvalue weighted by Crippen LogP contribution is 2.09. The predicted octanol–water partition coefficient (Wildman–Crippen LogP) is 2.02. The van der Waals surface area contributed by atoms with Crippen LogP contribution < -0.4 is 5.32 Å². The van der Waals surface area contributed by atoms with Crippen LogP contribution in [-0.4, -0.2) is 18.1 Å². The topological polar surface area (TPSA) is 55.4 Å². The van der Waals surface area contributed by atoms with Crippen LogP contribution in [0, 0.1) is 0 Å². The average Bonchev–Trinajstić information content (AvgIpc) is 2.53. The number of hydrogen-bond donors (Lipinski definition) is 1. The summed E-state index contributed by atoms with van der Waals surface area (Å²) in [5.74, 6) is -0.613. The van der Waals surface area contributed by atoms with Crippen molar-refractivity contribution in [2.75, 3.05) is 0 Å². The van der Waals surface area contributed by atoms with Gasteiger partial charge in [0.05, 0.1) is 0 Å². The molecule has 1 rings (SSSR count). The monoisotopic (exact) mass is 213 g/mol. The smallest absolute Gasteiger partial charge is 0.372 e. The summed E-state index contributed by atoms with van der Waals surface area (Å²) in [5, 5.41) is 4.21. The van der Waals surface area contributed by atoms with E-state index in [0.717, 1.165) is 0 Å². The van der Waals surface area contributed by atoms with Crippen LogP contribution in [0.2, 0.25) is 0 Å². The number of alkyl carbamates (subject to hydrolysis) is 1. The van der Waals surface area contributed by atoms with E-state index < -0.39 is 12.1 Å². The fourth-order valence-corrected chi connectivity index (χ4v) is 1.39. The summed E-state index contributed by atoms with van der Waals surface area (Å²) in [6.07, 6.45) is -0.710. The zero-order valence-electron chi connectivity index (χ0n) is 7.94. The van der Waals surface area contributed by atoms with E-state index in [1.807, 2.05) is 0 Å². The molecule has 14 heavy (non-hydrogen) atoms. The molecule has 0 radical (unpaired) electrons. The van der Waals surface area contributed by atoms with Gasteiger partial charge in [0.15, 0.2) is 0 Å². The second-order valence-corrected chi connectivity index (χ2v) is 3.90. The number of nitrogens with one attached hydrogen (secondary N) is 1. The Labute approximate surface area is 85.9 Å². The quantitative estimate of drug-likeness (QED) is 0.604. The number of thiophene rings is 1. The summed E-state index contributed by atoms with van der Waals surface area (Å²) >= 11 is 1.24. The Hall–Kier alpha value is -1.36. The van der Waals surface area contributed by atoms with Crippen molar-refractivity contribution < 1.29 is 14.3 Å². The number of ether oxygens (including phenoxy) is 1. The van der Waals surface area contributed by atoms with E-state index in [4.69, 9.17) is 0 Å². The van der Waals surface area contributed by atoms with Gasteiger partial charge in [-0.1, -0.05) is 6.07 Å². The third-order valence-corrected chi connectivity index (χ3v) is 2.16. The summed E-state index contributed by atoms with van der Waals surface area (Å²) in [7, 11) is 0. The van der Waals surface area contributed by atoms with Crippen molar-refractivity contribution in [3.63, 3.8) is 0 Å². The van der Waals surface area contributed by atoms with Gasteiger partial charge in [-0.25, -0.2) is 9.59 Å². The fraction of sp³-hybridized carbons (Fsp3) is 0.333. The zero-order chi connectivity index (χ0) is 10.6. The molecule has 0 fully saturated rings. The maximum absolute atomic E-state index is 11.2. The lowest BCUT2D eigenvalue weighted by Gasteiger charge is -2.06. The highest BCUT2D eigenvalue weighted by Gasteiger charge is 2.13. The second kappa shape index (κ2) is 4.76. The van der Waals surface area contributed by atoms with Crippen molar-refractivity contribution in [1.82, 2.24) is 5.32 Å². The van der Waals surface area contributed by atoms with Gasteiger partial charge in [-0.05, 0) is 25.3 Å². The van der Waals surface area contributed by atoms with Crippen molar-refractivity contribution in [3.05, 3.63) is 22.4 Å². The van der Waals surface area contributed by atoms with Gasteiger partial charge in [0, 0.05) is 6.04 Å². The van der Waals surface area contributed by atoms with E-state index in [1.54, 1.807) is 31.4 Å². The average molecular weight is 213 g/mol. The summed E-state index contributed by atoms with van der Waals surface area (Å²) < 4.78 is 4.53. The summed E-state index contributed by atoms with van der Waals surface area (Å²) in [4.78, 5) is 22.7. The lowest BCUT2D eigenvalue weighted by Crippen LogP contribution is -2.32. The normalized spacial score (nSPS) is 9.93. The molecule has 0 saturated carbocycles. The molecule has 1 N–H and O–H groups in total. The van der Waals surface area contributed by atoms with Crippen LogP contribution in [0.5, 0.6) is 0 Å². The lowest BCUT2D eigenvalue weighted by atomic mass is 10.4. The summed E-state index contributed by atoms with van der Waals surface area (Å²) in [6.45, 7) is 3.58. The molecular formula is C9H11NO3S. The molecule has 0 unspecified atom stereocenters. The Bertz CT molecular complexity index is 319. The molecule has 0 aromatic carbocycles. The van der Waals surface area contributed by atoms with E-state index in [9.17, 15) is 9.59 Å². The molecule has 0 bridgehead atoms. The highest BCUT2D eigenvalue weighted by atomic mass is 32.1. The molecule has 1 heterocycles. The van der Waals surface area contributed by atoms with Crippen LogP contribution in [0.25, 0.3) is 0 Å². The summed E-state index contributed by atoms with van der Waals surface area (Å²) in [5.41, 5.74) is 0. The Balaban J connectivity index is 2.46. The predicted molar refractivity (Wildman–Crippen MR) is 53.4 cm³/mol. The zero-order valence-corrected chi connectivity index (χ0v) is 8.76. The maximum atomic E-state index is 11.2. The van der Waals surface area contributed by atoms with Crippen molar-refractivity contribution in [1.29, 1.82) is 0 Å². The Kier molecular flexibility index (Phi) is 3.64. The minimum absolute atomic E-state index is 0.0429. The Morgan fingerprint density at radius 2 is 2.21 bits per heavy atom. The van der Waals surface area contributed by atoms with Gasteiger partial charge in [0.1, 0.15) is 4.88 Å². The largest absolute Gasteiger partial charge is 0.415 e. The van der Waals surface area contributed by atoms with Gasteiger partial charge in [-0.2, -0.15) is 0 Å². The minimum Gasteiger partial charge on any atom is -0.372 e. The van der Waals surface area contributed by atoms with Crippen molar-refractivity contribution in [2.45, 2.75) is 19.9 Å². The second-order valence-electron chi connectivity index (χ2n) is 2.95. The van der Waals surface area contributed by atoms with Crippen molar-refractivity contribution >= 4 is 23.4 Å². The van der Waals surface area contributed by atoms with E-state index in [-0.39, 0.29) is 6.04 Å². The molecule has 1 amide bonds.